The molecule has 1 aliphatic heterocycles. The topological polar surface area (TPSA) is 32.3 Å². The predicted molar refractivity (Wildman–Crippen MR) is 114 cm³/mol. The number of carbonyl (C=O) groups is 1. The van der Waals surface area contributed by atoms with Crippen LogP contribution in [0.25, 0.3) is 0 Å². The number of amides is 1. The minimum absolute atomic E-state index is 0.0587. The Hall–Kier alpha value is -2.91. The van der Waals surface area contributed by atoms with Gasteiger partial charge in [-0.2, -0.15) is 0 Å². The molecule has 0 saturated carbocycles. The first-order valence-electron chi connectivity index (χ1n) is 10.0. The van der Waals surface area contributed by atoms with Crippen molar-refractivity contribution >= 4 is 11.6 Å². The van der Waals surface area contributed by atoms with Crippen LogP contribution in [0.4, 0.5) is 5.69 Å². The summed E-state index contributed by atoms with van der Waals surface area (Å²) in [7, 11) is 0. The van der Waals surface area contributed by atoms with E-state index in [0.717, 1.165) is 37.1 Å². The van der Waals surface area contributed by atoms with Gasteiger partial charge < -0.3 is 5.32 Å². The van der Waals surface area contributed by atoms with Crippen molar-refractivity contribution in [1.82, 2.24) is 4.90 Å². The molecule has 1 heterocycles. The molecular formula is C25H26N2O. The fourth-order valence-corrected chi connectivity index (χ4v) is 4.05. The molecule has 0 radical (unpaired) electrons. The van der Waals surface area contributed by atoms with Gasteiger partial charge in [-0.3, -0.25) is 9.69 Å². The summed E-state index contributed by atoms with van der Waals surface area (Å²) in [6.45, 7) is 1.40. The molecule has 142 valence electrons. The van der Waals surface area contributed by atoms with Gasteiger partial charge in [-0.05, 0) is 48.6 Å². The molecule has 28 heavy (non-hydrogen) atoms. The number of nitrogens with one attached hydrogen (secondary N) is 1. The van der Waals surface area contributed by atoms with Gasteiger partial charge in [0.05, 0.1) is 6.54 Å². The molecule has 1 unspecified atom stereocenters. The number of hydrogen-bond acceptors (Lipinski definition) is 2. The Labute approximate surface area is 167 Å². The number of carbonyl (C=O) groups excluding carboxylic acids is 1. The van der Waals surface area contributed by atoms with Gasteiger partial charge in [-0.15, -0.1) is 0 Å². The van der Waals surface area contributed by atoms with Crippen LogP contribution in [0.3, 0.4) is 0 Å². The molecule has 1 N–H and O–H groups in total. The molecule has 0 aliphatic carbocycles. The molecule has 3 aromatic rings. The number of nitrogens with zero attached hydrogens (tertiary/aromatic N) is 1. The SMILES string of the molecule is O=C(CN1CCCC1c1ccccc1)Nc1ccccc1Cc1ccccc1. The minimum atomic E-state index is 0.0587. The standard InChI is InChI=1S/C25H26N2O/c28-25(19-27-17-9-16-24(27)21-12-5-2-6-13-21)26-23-15-8-7-14-22(23)18-20-10-3-1-4-11-20/h1-8,10-15,24H,9,16-19H2,(H,26,28). The third-order valence-corrected chi connectivity index (χ3v) is 5.42. The molecule has 1 amide bonds. The van der Waals surface area contributed by atoms with Crippen molar-refractivity contribution < 1.29 is 4.79 Å². The molecule has 0 bridgehead atoms. The lowest BCUT2D eigenvalue weighted by Crippen LogP contribution is -2.33. The molecule has 1 saturated heterocycles. The summed E-state index contributed by atoms with van der Waals surface area (Å²) in [6.07, 6.45) is 3.06. The maximum absolute atomic E-state index is 12.8. The Bertz CT molecular complexity index is 908. The van der Waals surface area contributed by atoms with Gasteiger partial charge in [0.15, 0.2) is 0 Å². The average molecular weight is 370 g/mol. The quantitative estimate of drug-likeness (QED) is 0.658. The Morgan fingerprint density at radius 1 is 0.893 bits per heavy atom. The zero-order valence-corrected chi connectivity index (χ0v) is 16.1. The third kappa shape index (κ3) is 4.49. The highest BCUT2D eigenvalue weighted by Crippen LogP contribution is 2.31. The number of rotatable bonds is 6. The van der Waals surface area contributed by atoms with Crippen molar-refractivity contribution in [2.24, 2.45) is 0 Å². The van der Waals surface area contributed by atoms with Crippen LogP contribution < -0.4 is 5.32 Å². The lowest BCUT2D eigenvalue weighted by Gasteiger charge is -2.24. The van der Waals surface area contributed by atoms with Gasteiger partial charge in [0, 0.05) is 11.7 Å². The summed E-state index contributed by atoms with van der Waals surface area (Å²) >= 11 is 0. The fraction of sp³-hybridized carbons (Fsp3) is 0.240. The number of likely N-dealkylation sites (tertiary alicyclic amines) is 1. The van der Waals surface area contributed by atoms with Crippen LogP contribution in [0.1, 0.15) is 35.6 Å². The number of benzene rings is 3. The molecule has 1 aliphatic rings. The van der Waals surface area contributed by atoms with Crippen LogP contribution in [0.5, 0.6) is 0 Å². The second kappa shape index (κ2) is 8.85. The number of anilines is 1. The van der Waals surface area contributed by atoms with E-state index in [-0.39, 0.29) is 5.91 Å². The van der Waals surface area contributed by atoms with E-state index in [1.165, 1.54) is 11.1 Å². The van der Waals surface area contributed by atoms with Gasteiger partial charge >= 0.3 is 0 Å². The monoisotopic (exact) mass is 370 g/mol. The molecule has 3 nitrogen and oxygen atoms in total. The van der Waals surface area contributed by atoms with Gasteiger partial charge in [0.2, 0.25) is 5.91 Å². The van der Waals surface area contributed by atoms with Crippen LogP contribution in [0, 0.1) is 0 Å². The van der Waals surface area contributed by atoms with Crippen LogP contribution in [0.15, 0.2) is 84.9 Å². The molecule has 3 aromatic carbocycles. The molecular weight excluding hydrogens is 344 g/mol. The maximum atomic E-state index is 12.8. The van der Waals surface area contributed by atoms with Crippen molar-refractivity contribution in [1.29, 1.82) is 0 Å². The highest BCUT2D eigenvalue weighted by atomic mass is 16.2. The molecule has 3 heteroatoms. The van der Waals surface area contributed by atoms with Crippen molar-refractivity contribution in [3.8, 4) is 0 Å². The first-order valence-corrected chi connectivity index (χ1v) is 10.0. The summed E-state index contributed by atoms with van der Waals surface area (Å²) in [4.78, 5) is 15.1. The van der Waals surface area contributed by atoms with Crippen molar-refractivity contribution in [3.63, 3.8) is 0 Å². The Kier molecular flexibility index (Phi) is 5.83. The van der Waals surface area contributed by atoms with Gasteiger partial charge in [-0.25, -0.2) is 0 Å². The minimum Gasteiger partial charge on any atom is -0.325 e. The summed E-state index contributed by atoms with van der Waals surface area (Å²) < 4.78 is 0. The van der Waals surface area contributed by atoms with E-state index in [2.05, 4.69) is 52.7 Å². The van der Waals surface area contributed by atoms with Crippen molar-refractivity contribution in [2.45, 2.75) is 25.3 Å². The predicted octanol–water partition coefficient (Wildman–Crippen LogP) is 5.05. The van der Waals surface area contributed by atoms with Gasteiger partial charge in [0.25, 0.3) is 0 Å². The van der Waals surface area contributed by atoms with Crippen molar-refractivity contribution in [3.05, 3.63) is 102 Å². The van der Waals surface area contributed by atoms with Crippen molar-refractivity contribution in [2.75, 3.05) is 18.4 Å². The van der Waals surface area contributed by atoms with E-state index >= 15 is 0 Å². The van der Waals surface area contributed by atoms with Crippen LogP contribution in [-0.2, 0) is 11.2 Å². The largest absolute Gasteiger partial charge is 0.325 e. The molecule has 1 fully saturated rings. The highest BCUT2D eigenvalue weighted by Gasteiger charge is 2.27. The van der Waals surface area contributed by atoms with Gasteiger partial charge in [0.1, 0.15) is 0 Å². The Morgan fingerprint density at radius 2 is 1.57 bits per heavy atom. The van der Waals surface area contributed by atoms with Crippen LogP contribution >= 0.6 is 0 Å². The number of hydrogen-bond donors (Lipinski definition) is 1. The van der Waals surface area contributed by atoms with E-state index in [9.17, 15) is 4.79 Å². The maximum Gasteiger partial charge on any atom is 0.238 e. The summed E-state index contributed by atoms with van der Waals surface area (Å²) in [5.41, 5.74) is 4.60. The second-order valence-electron chi connectivity index (χ2n) is 7.41. The van der Waals surface area contributed by atoms with E-state index in [4.69, 9.17) is 0 Å². The van der Waals surface area contributed by atoms with Gasteiger partial charge in [-0.1, -0.05) is 78.9 Å². The summed E-state index contributed by atoms with van der Waals surface area (Å²) in [5.74, 6) is 0.0587. The first kappa shape index (κ1) is 18.5. The number of para-hydroxylation sites is 1. The summed E-state index contributed by atoms with van der Waals surface area (Å²) in [5, 5.41) is 3.15. The smallest absolute Gasteiger partial charge is 0.238 e. The Balaban J connectivity index is 1.43. The Morgan fingerprint density at radius 3 is 2.36 bits per heavy atom. The summed E-state index contributed by atoms with van der Waals surface area (Å²) in [6, 6.07) is 29.3. The highest BCUT2D eigenvalue weighted by molar-refractivity contribution is 5.93. The van der Waals surface area contributed by atoms with E-state index < -0.39 is 0 Å². The van der Waals surface area contributed by atoms with Crippen LogP contribution in [0.2, 0.25) is 0 Å². The van der Waals surface area contributed by atoms with E-state index in [1.807, 2.05) is 42.5 Å². The molecule has 0 spiro atoms. The third-order valence-electron chi connectivity index (χ3n) is 5.42. The zero-order valence-electron chi connectivity index (χ0n) is 16.1. The lowest BCUT2D eigenvalue weighted by molar-refractivity contribution is -0.117. The first-order chi connectivity index (χ1) is 13.8. The lowest BCUT2D eigenvalue weighted by atomic mass is 10.0. The fourth-order valence-electron chi connectivity index (χ4n) is 4.05. The van der Waals surface area contributed by atoms with E-state index in [0.29, 0.717) is 12.6 Å². The van der Waals surface area contributed by atoms with Crippen LogP contribution in [-0.4, -0.2) is 23.9 Å². The zero-order chi connectivity index (χ0) is 19.2. The molecule has 1 atom stereocenters. The molecule has 0 aromatic heterocycles. The normalized spacial score (nSPS) is 16.8. The van der Waals surface area contributed by atoms with E-state index in [1.54, 1.807) is 0 Å². The second-order valence-corrected chi connectivity index (χ2v) is 7.41. The molecule has 4 rings (SSSR count). The average Bonchev–Trinajstić information content (AvgIpc) is 3.19.